The summed E-state index contributed by atoms with van der Waals surface area (Å²) in [5, 5.41) is 14.8. The second-order valence-corrected chi connectivity index (χ2v) is 6.51. The van der Waals surface area contributed by atoms with E-state index in [1.165, 1.54) is 4.88 Å². The van der Waals surface area contributed by atoms with Gasteiger partial charge in [0.15, 0.2) is 0 Å². The average Bonchev–Trinajstić information content (AvgIpc) is 3.12. The zero-order valence-corrected chi connectivity index (χ0v) is 13.2. The van der Waals surface area contributed by atoms with Crippen molar-refractivity contribution in [3.8, 4) is 5.69 Å². The third-order valence-corrected chi connectivity index (χ3v) is 4.62. The second-order valence-electron chi connectivity index (χ2n) is 4.76. The Morgan fingerprint density at radius 3 is 2.81 bits per heavy atom. The highest BCUT2D eigenvalue weighted by atomic mass is 35.5. The van der Waals surface area contributed by atoms with Gasteiger partial charge in [-0.2, -0.15) is 0 Å². The number of aryl methyl sites for hydroxylation is 1. The number of anilines is 1. The Morgan fingerprint density at radius 2 is 2.14 bits per heavy atom. The van der Waals surface area contributed by atoms with Gasteiger partial charge in [-0.15, -0.1) is 16.4 Å². The van der Waals surface area contributed by atoms with Gasteiger partial charge in [0.2, 0.25) is 0 Å². The van der Waals surface area contributed by atoms with Crippen LogP contribution in [0.4, 0.5) is 5.69 Å². The molecule has 108 valence electrons. The quantitative estimate of drug-likeness (QED) is 0.793. The number of nitrogens with one attached hydrogen (secondary N) is 1. The number of nitrogens with zero attached hydrogens (tertiary/aromatic N) is 4. The molecule has 0 amide bonds. The van der Waals surface area contributed by atoms with E-state index in [-0.39, 0.29) is 6.04 Å². The SMILES string of the molecule is Cc1ccc(NC(C)c2ccc(Cl)s2)cc1-n1cnnn1. The fourth-order valence-corrected chi connectivity index (χ4v) is 3.16. The van der Waals surface area contributed by atoms with Crippen molar-refractivity contribution in [3.63, 3.8) is 0 Å². The lowest BCUT2D eigenvalue weighted by atomic mass is 10.1. The number of hydrogen-bond acceptors (Lipinski definition) is 5. The normalized spacial score (nSPS) is 12.3. The smallest absolute Gasteiger partial charge is 0.143 e. The predicted octanol–water partition coefficient (Wildman–Crippen LogP) is 3.86. The monoisotopic (exact) mass is 319 g/mol. The fourth-order valence-electron chi connectivity index (χ4n) is 2.10. The van der Waals surface area contributed by atoms with Crippen LogP contribution >= 0.6 is 22.9 Å². The molecule has 1 aromatic carbocycles. The standard InChI is InChI=1S/C14H14ClN5S/c1-9-3-4-11(7-12(9)20-8-16-18-19-20)17-10(2)13-5-6-14(15)21-13/h3-8,10,17H,1-2H3. The summed E-state index contributed by atoms with van der Waals surface area (Å²) in [4.78, 5) is 1.20. The van der Waals surface area contributed by atoms with E-state index in [1.54, 1.807) is 22.3 Å². The summed E-state index contributed by atoms with van der Waals surface area (Å²) in [6, 6.07) is 10.3. The van der Waals surface area contributed by atoms with Crippen LogP contribution in [0.5, 0.6) is 0 Å². The van der Waals surface area contributed by atoms with Crippen molar-refractivity contribution in [2.75, 3.05) is 5.32 Å². The third kappa shape index (κ3) is 3.06. The van der Waals surface area contributed by atoms with E-state index in [1.807, 2.05) is 31.2 Å². The first-order valence-electron chi connectivity index (χ1n) is 6.49. The van der Waals surface area contributed by atoms with E-state index >= 15 is 0 Å². The molecule has 5 nitrogen and oxygen atoms in total. The van der Waals surface area contributed by atoms with Crippen LogP contribution < -0.4 is 5.32 Å². The van der Waals surface area contributed by atoms with Crippen molar-refractivity contribution < 1.29 is 0 Å². The van der Waals surface area contributed by atoms with E-state index in [2.05, 4.69) is 33.8 Å². The molecule has 2 heterocycles. The molecule has 1 atom stereocenters. The molecule has 0 aliphatic carbocycles. The highest BCUT2D eigenvalue weighted by molar-refractivity contribution is 7.16. The van der Waals surface area contributed by atoms with E-state index in [0.29, 0.717) is 0 Å². The van der Waals surface area contributed by atoms with Gasteiger partial charge >= 0.3 is 0 Å². The van der Waals surface area contributed by atoms with Gasteiger partial charge in [0.1, 0.15) is 6.33 Å². The highest BCUT2D eigenvalue weighted by Crippen LogP contribution is 2.29. The largest absolute Gasteiger partial charge is 0.378 e. The number of rotatable bonds is 4. The molecule has 0 saturated heterocycles. The highest BCUT2D eigenvalue weighted by Gasteiger charge is 2.10. The number of halogens is 1. The summed E-state index contributed by atoms with van der Waals surface area (Å²) in [7, 11) is 0. The van der Waals surface area contributed by atoms with Gasteiger partial charge in [0.25, 0.3) is 0 Å². The Hall–Kier alpha value is -1.92. The Bertz CT molecular complexity index is 738. The van der Waals surface area contributed by atoms with Crippen LogP contribution in [0.25, 0.3) is 5.69 Å². The zero-order chi connectivity index (χ0) is 14.8. The van der Waals surface area contributed by atoms with Crippen LogP contribution in [0.3, 0.4) is 0 Å². The van der Waals surface area contributed by atoms with Crippen LogP contribution in [0.15, 0.2) is 36.7 Å². The van der Waals surface area contributed by atoms with Gasteiger partial charge in [0.05, 0.1) is 16.1 Å². The summed E-state index contributed by atoms with van der Waals surface area (Å²) in [5.74, 6) is 0. The van der Waals surface area contributed by atoms with Gasteiger partial charge in [0, 0.05) is 10.6 Å². The lowest BCUT2D eigenvalue weighted by Crippen LogP contribution is -2.06. The summed E-state index contributed by atoms with van der Waals surface area (Å²) >= 11 is 7.57. The van der Waals surface area contributed by atoms with E-state index in [9.17, 15) is 0 Å². The molecule has 0 bridgehead atoms. The van der Waals surface area contributed by atoms with E-state index in [0.717, 1.165) is 21.3 Å². The molecular weight excluding hydrogens is 306 g/mol. The molecule has 21 heavy (non-hydrogen) atoms. The van der Waals surface area contributed by atoms with Crippen molar-refractivity contribution >= 4 is 28.6 Å². The zero-order valence-electron chi connectivity index (χ0n) is 11.6. The van der Waals surface area contributed by atoms with Crippen LogP contribution in [-0.2, 0) is 0 Å². The predicted molar refractivity (Wildman–Crippen MR) is 85.3 cm³/mol. The molecule has 1 N–H and O–H groups in total. The topological polar surface area (TPSA) is 55.6 Å². The van der Waals surface area contributed by atoms with Crippen LogP contribution in [0.1, 0.15) is 23.4 Å². The summed E-state index contributed by atoms with van der Waals surface area (Å²) in [6.45, 7) is 4.14. The minimum absolute atomic E-state index is 0.187. The maximum absolute atomic E-state index is 5.99. The molecule has 1 unspecified atom stereocenters. The minimum Gasteiger partial charge on any atom is -0.378 e. The van der Waals surface area contributed by atoms with Crippen molar-refractivity contribution in [2.45, 2.75) is 19.9 Å². The van der Waals surface area contributed by atoms with E-state index < -0.39 is 0 Å². The first-order valence-corrected chi connectivity index (χ1v) is 7.69. The molecule has 2 aromatic heterocycles. The minimum atomic E-state index is 0.187. The van der Waals surface area contributed by atoms with Gasteiger partial charge in [-0.05, 0) is 54.1 Å². The first-order chi connectivity index (χ1) is 10.1. The van der Waals surface area contributed by atoms with Crippen molar-refractivity contribution in [1.29, 1.82) is 0 Å². The molecule has 0 spiro atoms. The summed E-state index contributed by atoms with van der Waals surface area (Å²) < 4.78 is 2.46. The average molecular weight is 320 g/mol. The third-order valence-electron chi connectivity index (χ3n) is 3.21. The number of hydrogen-bond donors (Lipinski definition) is 1. The Morgan fingerprint density at radius 1 is 1.29 bits per heavy atom. The number of tetrazole rings is 1. The summed E-state index contributed by atoms with van der Waals surface area (Å²) in [5.41, 5.74) is 3.09. The Balaban J connectivity index is 1.85. The molecular formula is C14H14ClN5S. The Labute approximate surface area is 131 Å². The van der Waals surface area contributed by atoms with Gasteiger partial charge < -0.3 is 5.32 Å². The molecule has 3 rings (SSSR count). The molecule has 0 aliphatic rings. The molecule has 0 aliphatic heterocycles. The lowest BCUT2D eigenvalue weighted by Gasteiger charge is -2.15. The maximum atomic E-state index is 5.99. The van der Waals surface area contributed by atoms with Crippen molar-refractivity contribution in [3.05, 3.63) is 51.4 Å². The first kappa shape index (κ1) is 14.0. The number of benzene rings is 1. The van der Waals surface area contributed by atoms with E-state index in [4.69, 9.17) is 11.6 Å². The molecule has 3 aromatic rings. The van der Waals surface area contributed by atoms with Gasteiger partial charge in [-0.25, -0.2) is 4.68 Å². The Kier molecular flexibility index (Phi) is 3.90. The summed E-state index contributed by atoms with van der Waals surface area (Å²) in [6.07, 6.45) is 1.59. The molecule has 7 heteroatoms. The van der Waals surface area contributed by atoms with Gasteiger partial charge in [-0.3, -0.25) is 0 Å². The number of thiophene rings is 1. The van der Waals surface area contributed by atoms with Crippen LogP contribution in [0, 0.1) is 6.92 Å². The number of aromatic nitrogens is 4. The van der Waals surface area contributed by atoms with Crippen molar-refractivity contribution in [1.82, 2.24) is 20.2 Å². The lowest BCUT2D eigenvalue weighted by molar-refractivity contribution is 0.785. The van der Waals surface area contributed by atoms with Crippen LogP contribution in [-0.4, -0.2) is 20.2 Å². The van der Waals surface area contributed by atoms with Gasteiger partial charge in [-0.1, -0.05) is 17.7 Å². The molecule has 0 fully saturated rings. The molecule has 0 saturated carbocycles. The second kappa shape index (κ2) is 5.83. The fraction of sp³-hybridized carbons (Fsp3) is 0.214. The van der Waals surface area contributed by atoms with Crippen LogP contribution in [0.2, 0.25) is 4.34 Å². The molecule has 0 radical (unpaired) electrons. The van der Waals surface area contributed by atoms with Crippen molar-refractivity contribution in [2.24, 2.45) is 0 Å². The maximum Gasteiger partial charge on any atom is 0.143 e.